The third-order valence-electron chi connectivity index (χ3n) is 8.72. The van der Waals surface area contributed by atoms with E-state index >= 15 is 0 Å². The van der Waals surface area contributed by atoms with Crippen molar-refractivity contribution in [1.82, 2.24) is 20.9 Å². The van der Waals surface area contributed by atoms with Crippen molar-refractivity contribution < 1.29 is 19.1 Å². The van der Waals surface area contributed by atoms with Crippen LogP contribution in [0.2, 0.25) is 0 Å². The van der Waals surface area contributed by atoms with Crippen molar-refractivity contribution in [2.45, 2.75) is 76.2 Å². The number of nitrogens with zero attached hydrogens (tertiary/aromatic N) is 2. The molecule has 1 aromatic carbocycles. The quantitative estimate of drug-likeness (QED) is 0.468. The minimum Gasteiger partial charge on any atom is -0.381 e. The Kier molecular flexibility index (Phi) is 7.63. The first-order valence-corrected chi connectivity index (χ1v) is 13.9. The van der Waals surface area contributed by atoms with E-state index < -0.39 is 11.5 Å². The fourth-order valence-electron chi connectivity index (χ4n) is 6.44. The fraction of sp³-hybridized carbons (Fsp3) is 0.607. The maximum Gasteiger partial charge on any atom is 0.271 e. The summed E-state index contributed by atoms with van der Waals surface area (Å²) in [6.07, 6.45) is 8.72. The molecule has 1 saturated carbocycles. The van der Waals surface area contributed by atoms with E-state index in [-0.39, 0.29) is 23.6 Å². The van der Waals surface area contributed by atoms with E-state index in [0.29, 0.717) is 37.4 Å². The zero-order valence-corrected chi connectivity index (χ0v) is 22.7. The number of carbonyl (C=O) groups excluding carboxylic acids is 3. The van der Waals surface area contributed by atoms with Crippen LogP contribution in [0.25, 0.3) is 0 Å². The molecule has 38 heavy (non-hydrogen) atoms. The highest BCUT2D eigenvalue weighted by Gasteiger charge is 2.47. The van der Waals surface area contributed by atoms with Crippen LogP contribution in [0.5, 0.6) is 0 Å². The van der Waals surface area contributed by atoms with E-state index in [1.807, 2.05) is 32.2 Å². The predicted octanol–water partition coefficient (Wildman–Crippen LogP) is 3.00. The summed E-state index contributed by atoms with van der Waals surface area (Å²) in [5, 5.41) is 12.6. The Morgan fingerprint density at radius 2 is 1.74 bits per heavy atom. The van der Waals surface area contributed by atoms with E-state index in [0.717, 1.165) is 55.5 Å². The summed E-state index contributed by atoms with van der Waals surface area (Å²) in [7, 11) is 3.64. The number of anilines is 2. The van der Waals surface area contributed by atoms with Crippen molar-refractivity contribution >= 4 is 29.1 Å². The number of allylic oxidation sites excluding steroid dienone is 1. The van der Waals surface area contributed by atoms with Gasteiger partial charge in [-0.2, -0.15) is 0 Å². The number of amides is 3. The van der Waals surface area contributed by atoms with Crippen LogP contribution in [-0.2, 0) is 24.5 Å². The van der Waals surface area contributed by atoms with Crippen molar-refractivity contribution in [2.24, 2.45) is 5.92 Å². The molecule has 1 saturated heterocycles. The second-order valence-corrected chi connectivity index (χ2v) is 11.1. The highest BCUT2D eigenvalue weighted by molar-refractivity contribution is 6.07. The summed E-state index contributed by atoms with van der Waals surface area (Å²) in [6.45, 7) is 3.00. The molecule has 1 spiro atoms. The molecule has 4 aliphatic rings. The normalized spacial score (nSPS) is 22.6. The SMILES string of the molecule is CC1=C(C(=O)NC(C(=O)Nc2ccc3c(c2)NC(=O)C32CCOCC2)C2CCCCCCC2)N(C)NN1C. The third-order valence-corrected chi connectivity index (χ3v) is 8.72. The summed E-state index contributed by atoms with van der Waals surface area (Å²) in [5.74, 6) is -0.444. The first kappa shape index (κ1) is 26.5. The van der Waals surface area contributed by atoms with Crippen LogP contribution >= 0.6 is 0 Å². The smallest absolute Gasteiger partial charge is 0.271 e. The lowest BCUT2D eigenvalue weighted by Gasteiger charge is -2.31. The van der Waals surface area contributed by atoms with Crippen LogP contribution in [0, 0.1) is 5.92 Å². The van der Waals surface area contributed by atoms with Gasteiger partial charge in [0.2, 0.25) is 11.8 Å². The first-order valence-electron chi connectivity index (χ1n) is 13.9. The Balaban J connectivity index is 1.37. The monoisotopic (exact) mass is 524 g/mol. The van der Waals surface area contributed by atoms with Gasteiger partial charge in [0.15, 0.2) is 0 Å². The molecule has 10 nitrogen and oxygen atoms in total. The zero-order chi connectivity index (χ0) is 26.9. The Bertz CT molecular complexity index is 1120. The van der Waals surface area contributed by atoms with Gasteiger partial charge in [-0.05, 0) is 56.2 Å². The molecule has 206 valence electrons. The minimum absolute atomic E-state index is 0.00171. The summed E-state index contributed by atoms with van der Waals surface area (Å²) >= 11 is 0. The molecule has 5 rings (SSSR count). The van der Waals surface area contributed by atoms with Gasteiger partial charge in [0.05, 0.1) is 11.1 Å². The van der Waals surface area contributed by atoms with Crippen molar-refractivity contribution in [3.05, 3.63) is 35.2 Å². The number of hydrazine groups is 2. The lowest BCUT2D eigenvalue weighted by Crippen LogP contribution is -2.50. The van der Waals surface area contributed by atoms with E-state index in [1.165, 1.54) is 6.42 Å². The Morgan fingerprint density at radius 1 is 1.05 bits per heavy atom. The summed E-state index contributed by atoms with van der Waals surface area (Å²) in [4.78, 5) is 40.1. The summed E-state index contributed by atoms with van der Waals surface area (Å²) < 4.78 is 5.50. The number of benzene rings is 1. The minimum atomic E-state index is -0.662. The van der Waals surface area contributed by atoms with Crippen LogP contribution < -0.4 is 21.5 Å². The molecule has 3 aliphatic heterocycles. The molecule has 2 fully saturated rings. The molecule has 4 N–H and O–H groups in total. The molecule has 10 heteroatoms. The largest absolute Gasteiger partial charge is 0.381 e. The average Bonchev–Trinajstić information content (AvgIpc) is 3.28. The second kappa shape index (κ2) is 10.9. The molecule has 1 aromatic rings. The molecule has 1 atom stereocenters. The zero-order valence-electron chi connectivity index (χ0n) is 22.7. The molecule has 0 radical (unpaired) electrons. The molecule has 1 aliphatic carbocycles. The van der Waals surface area contributed by atoms with Gasteiger partial charge in [0, 0.05) is 38.7 Å². The van der Waals surface area contributed by atoms with Crippen LogP contribution in [0.15, 0.2) is 29.6 Å². The molecule has 0 aromatic heterocycles. The van der Waals surface area contributed by atoms with E-state index in [9.17, 15) is 14.4 Å². The van der Waals surface area contributed by atoms with Crippen molar-refractivity contribution in [2.75, 3.05) is 37.9 Å². The summed E-state index contributed by atoms with van der Waals surface area (Å²) in [5.41, 5.74) is 6.13. The van der Waals surface area contributed by atoms with Gasteiger partial charge in [-0.25, -0.2) is 0 Å². The Morgan fingerprint density at radius 3 is 2.39 bits per heavy atom. The number of rotatable bonds is 5. The van der Waals surface area contributed by atoms with Gasteiger partial charge in [0.25, 0.3) is 5.91 Å². The van der Waals surface area contributed by atoms with Gasteiger partial charge in [-0.3, -0.25) is 24.4 Å². The van der Waals surface area contributed by atoms with Crippen molar-refractivity contribution in [3.8, 4) is 0 Å². The number of carbonyl (C=O) groups is 3. The molecule has 3 amide bonds. The van der Waals surface area contributed by atoms with Crippen LogP contribution in [0.1, 0.15) is 70.3 Å². The highest BCUT2D eigenvalue weighted by atomic mass is 16.5. The molecule has 1 unspecified atom stereocenters. The standard InChI is InChI=1S/C28H40N6O4/c1-18-24(34(3)32-33(18)2)26(36)31-23(19-9-7-5-4-6-8-10-19)25(35)29-20-11-12-21-22(17-20)30-27(37)28(21)13-15-38-16-14-28/h11-12,17,19,23,32H,4-10,13-16H2,1-3H3,(H,29,35)(H,30,37)(H,31,36). The molecular weight excluding hydrogens is 484 g/mol. The Labute approximate surface area is 224 Å². The van der Waals surface area contributed by atoms with E-state index in [2.05, 4.69) is 21.5 Å². The number of hydrogen-bond acceptors (Lipinski definition) is 7. The number of fused-ring (bicyclic) bond motifs is 2. The molecule has 3 heterocycles. The fourth-order valence-corrected chi connectivity index (χ4v) is 6.44. The van der Waals surface area contributed by atoms with Gasteiger partial charge in [0.1, 0.15) is 11.7 Å². The topological polar surface area (TPSA) is 115 Å². The number of ether oxygens (including phenoxy) is 1. The third kappa shape index (κ3) is 4.99. The molecular formula is C28H40N6O4. The van der Waals surface area contributed by atoms with E-state index in [4.69, 9.17) is 4.74 Å². The van der Waals surface area contributed by atoms with Crippen LogP contribution in [-0.4, -0.2) is 61.1 Å². The maximum atomic E-state index is 13.8. The van der Waals surface area contributed by atoms with Gasteiger partial charge < -0.3 is 20.7 Å². The van der Waals surface area contributed by atoms with E-state index in [1.54, 1.807) is 17.1 Å². The van der Waals surface area contributed by atoms with Gasteiger partial charge in [-0.15, -0.1) is 5.53 Å². The number of hydrogen-bond donors (Lipinski definition) is 4. The molecule has 0 bridgehead atoms. The summed E-state index contributed by atoms with van der Waals surface area (Å²) in [6, 6.07) is 4.98. The lowest BCUT2D eigenvalue weighted by atomic mass is 9.75. The maximum absolute atomic E-state index is 13.8. The lowest BCUT2D eigenvalue weighted by molar-refractivity contribution is -0.126. The van der Waals surface area contributed by atoms with Crippen LogP contribution in [0.3, 0.4) is 0 Å². The predicted molar refractivity (Wildman–Crippen MR) is 145 cm³/mol. The van der Waals surface area contributed by atoms with Crippen molar-refractivity contribution in [3.63, 3.8) is 0 Å². The highest BCUT2D eigenvalue weighted by Crippen LogP contribution is 2.45. The number of nitrogens with one attached hydrogen (secondary N) is 4. The van der Waals surface area contributed by atoms with Gasteiger partial charge >= 0.3 is 0 Å². The van der Waals surface area contributed by atoms with Gasteiger partial charge in [-0.1, -0.05) is 38.2 Å². The van der Waals surface area contributed by atoms with Crippen LogP contribution in [0.4, 0.5) is 11.4 Å². The van der Waals surface area contributed by atoms with Crippen molar-refractivity contribution in [1.29, 1.82) is 0 Å². The number of likely N-dealkylation sites (N-methyl/N-ethyl adjacent to an activating group) is 1. The first-order chi connectivity index (χ1) is 18.3. The Hall–Kier alpha value is -3.11. The average molecular weight is 525 g/mol. The second-order valence-electron chi connectivity index (χ2n) is 11.1.